The minimum atomic E-state index is -1.09. The fourth-order valence-electron chi connectivity index (χ4n) is 3.73. The molecule has 45 heavy (non-hydrogen) atoms. The molecule has 0 aliphatic carbocycles. The highest BCUT2D eigenvalue weighted by atomic mass is 16.5. The van der Waals surface area contributed by atoms with Crippen molar-refractivity contribution in [3.63, 3.8) is 0 Å². The lowest BCUT2D eigenvalue weighted by atomic mass is 9.92. The van der Waals surface area contributed by atoms with Crippen LogP contribution in [0.3, 0.4) is 0 Å². The quantitative estimate of drug-likeness (QED) is 0.0654. The van der Waals surface area contributed by atoms with Crippen molar-refractivity contribution in [2.75, 3.05) is 59.4 Å². The van der Waals surface area contributed by atoms with Crippen LogP contribution in [-0.4, -0.2) is 127 Å². The average Bonchev–Trinajstić information content (AvgIpc) is 3.03. The molecule has 13 nitrogen and oxygen atoms in total. The minimum absolute atomic E-state index is 0.0905. The summed E-state index contributed by atoms with van der Waals surface area (Å²) in [6.45, 7) is 12.5. The van der Waals surface area contributed by atoms with Gasteiger partial charge < -0.3 is 44.7 Å². The lowest BCUT2D eigenvalue weighted by molar-refractivity contribution is -0.133. The number of carbonyl (C=O) groups excluding carboxylic acids is 4. The number of aliphatic hydroxyl groups is 4. The van der Waals surface area contributed by atoms with Crippen molar-refractivity contribution < 1.29 is 58.6 Å². The fraction of sp³-hybridized carbons (Fsp3) is 0.625. The van der Waals surface area contributed by atoms with Crippen LogP contribution in [0.15, 0.2) is 50.6 Å². The molecular weight excluding hydrogens is 590 g/mol. The van der Waals surface area contributed by atoms with Crippen LogP contribution in [0.4, 0.5) is 0 Å². The van der Waals surface area contributed by atoms with E-state index in [0.717, 1.165) is 6.08 Å². The van der Waals surface area contributed by atoms with Gasteiger partial charge in [-0.15, -0.1) is 0 Å². The zero-order chi connectivity index (χ0) is 34.1. The second-order valence-electron chi connectivity index (χ2n) is 10.8. The Balaban J connectivity index is 5.59. The predicted molar refractivity (Wildman–Crippen MR) is 166 cm³/mol. The van der Waals surface area contributed by atoms with Gasteiger partial charge in [0.1, 0.15) is 0 Å². The molecule has 0 fully saturated rings. The Bertz CT molecular complexity index is 788. The highest BCUT2D eigenvalue weighted by Gasteiger charge is 2.34. The molecule has 0 spiro atoms. The van der Waals surface area contributed by atoms with E-state index >= 15 is 0 Å². The summed E-state index contributed by atoms with van der Waals surface area (Å²) >= 11 is 0. The van der Waals surface area contributed by atoms with Gasteiger partial charge >= 0.3 is 0 Å². The molecule has 4 atom stereocenters. The van der Waals surface area contributed by atoms with Crippen molar-refractivity contribution in [3.05, 3.63) is 50.6 Å². The molecule has 0 saturated carbocycles. The molecular formula is C32H51NO12. The van der Waals surface area contributed by atoms with Gasteiger partial charge in [0.05, 0.1) is 82.7 Å². The maximum atomic E-state index is 11.5. The molecule has 0 aromatic heterocycles. The maximum absolute atomic E-state index is 11.5. The van der Waals surface area contributed by atoms with E-state index in [1.165, 1.54) is 18.2 Å². The molecule has 0 bridgehead atoms. The number of hydrogen-bond donors (Lipinski definition) is 5. The van der Waals surface area contributed by atoms with Crippen molar-refractivity contribution in [2.45, 2.75) is 62.9 Å². The lowest BCUT2D eigenvalue weighted by Crippen LogP contribution is -2.44. The van der Waals surface area contributed by atoms with Gasteiger partial charge in [-0.3, -0.25) is 19.2 Å². The first-order chi connectivity index (χ1) is 21.4. The summed E-state index contributed by atoms with van der Waals surface area (Å²) in [6, 6.07) is 0. The number of ether oxygens (including phenoxy) is 4. The first-order valence-electron chi connectivity index (χ1n) is 14.8. The molecule has 0 aromatic carbocycles. The van der Waals surface area contributed by atoms with Crippen LogP contribution in [0.25, 0.3) is 0 Å². The Kier molecular flexibility index (Phi) is 23.7. The highest BCUT2D eigenvalue weighted by molar-refractivity contribution is 5.89. The molecule has 0 aliphatic heterocycles. The molecule has 4 unspecified atom stereocenters. The second-order valence-corrected chi connectivity index (χ2v) is 10.8. The number of allylic oxidation sites excluding steroid dienone is 3. The van der Waals surface area contributed by atoms with Crippen LogP contribution in [0.2, 0.25) is 0 Å². The molecule has 13 heteroatoms. The largest absolute Gasteiger partial charge is 0.391 e. The van der Waals surface area contributed by atoms with E-state index in [9.17, 15) is 39.6 Å². The van der Waals surface area contributed by atoms with Crippen molar-refractivity contribution in [2.24, 2.45) is 5.41 Å². The number of hydrogen-bond acceptors (Lipinski definition) is 12. The van der Waals surface area contributed by atoms with Gasteiger partial charge in [0.25, 0.3) is 0 Å². The average molecular weight is 642 g/mol. The van der Waals surface area contributed by atoms with Gasteiger partial charge in [-0.25, -0.2) is 0 Å². The van der Waals surface area contributed by atoms with E-state index in [0.29, 0.717) is 0 Å². The Labute approximate surface area is 265 Å². The Hall–Kier alpha value is -2.88. The van der Waals surface area contributed by atoms with E-state index < -0.39 is 35.7 Å². The van der Waals surface area contributed by atoms with Gasteiger partial charge in [0.2, 0.25) is 5.91 Å². The Morgan fingerprint density at radius 1 is 0.556 bits per heavy atom. The molecule has 0 aliphatic rings. The molecule has 0 saturated heterocycles. The standard InChI is InChI=1S/C32H51NO12/c1-5-24(34)9-12-27(37)16-42-20-32(21-43-17-28(38)13-10-25(35)6-2,22-44-18-29(39)14-11-26(36)7-3)23-45-19-30(40)15-33-31(41)8-4/h5-8,27-30,37-40H,1-4,9-23H2,(H,33,41). The highest BCUT2D eigenvalue weighted by Crippen LogP contribution is 2.22. The van der Waals surface area contributed by atoms with Gasteiger partial charge in [-0.2, -0.15) is 0 Å². The van der Waals surface area contributed by atoms with Crippen molar-refractivity contribution in [1.29, 1.82) is 0 Å². The zero-order valence-corrected chi connectivity index (χ0v) is 26.1. The van der Waals surface area contributed by atoms with Crippen molar-refractivity contribution in [3.8, 4) is 0 Å². The molecule has 0 heterocycles. The number of carbonyl (C=O) groups is 4. The summed E-state index contributed by atoms with van der Waals surface area (Å²) in [5.74, 6) is -1.12. The van der Waals surface area contributed by atoms with Gasteiger partial charge in [0.15, 0.2) is 17.3 Å². The molecule has 256 valence electrons. The predicted octanol–water partition coefficient (Wildman–Crippen LogP) is 0.391. The van der Waals surface area contributed by atoms with Crippen LogP contribution in [-0.2, 0) is 38.1 Å². The molecule has 1 amide bonds. The number of rotatable bonds is 31. The normalized spacial score (nSPS) is 15.1. The zero-order valence-electron chi connectivity index (χ0n) is 26.1. The molecule has 0 aromatic rings. The van der Waals surface area contributed by atoms with Crippen LogP contribution < -0.4 is 5.32 Å². The van der Waals surface area contributed by atoms with Crippen LogP contribution in [0, 0.1) is 5.41 Å². The number of amides is 1. The second kappa shape index (κ2) is 25.3. The molecule has 5 N–H and O–H groups in total. The van der Waals surface area contributed by atoms with Crippen molar-refractivity contribution in [1.82, 2.24) is 5.32 Å². The van der Waals surface area contributed by atoms with E-state index in [2.05, 4.69) is 31.6 Å². The Morgan fingerprint density at radius 3 is 1.16 bits per heavy atom. The van der Waals surface area contributed by atoms with E-state index in [1.54, 1.807) is 0 Å². The summed E-state index contributed by atoms with van der Waals surface area (Å²) in [7, 11) is 0. The number of ketones is 3. The van der Waals surface area contributed by atoms with Crippen LogP contribution >= 0.6 is 0 Å². The number of aliphatic hydroxyl groups excluding tert-OH is 4. The third-order valence-electron chi connectivity index (χ3n) is 6.43. The monoisotopic (exact) mass is 641 g/mol. The maximum Gasteiger partial charge on any atom is 0.243 e. The van der Waals surface area contributed by atoms with Gasteiger partial charge in [-0.1, -0.05) is 26.3 Å². The summed E-state index contributed by atoms with van der Waals surface area (Å²) in [4.78, 5) is 46.0. The van der Waals surface area contributed by atoms with E-state index in [1.807, 2.05) is 0 Å². The fourth-order valence-corrected chi connectivity index (χ4v) is 3.73. The first-order valence-corrected chi connectivity index (χ1v) is 14.8. The van der Waals surface area contributed by atoms with Crippen molar-refractivity contribution >= 4 is 23.3 Å². The first kappa shape index (κ1) is 42.1. The van der Waals surface area contributed by atoms with Crippen LogP contribution in [0.1, 0.15) is 38.5 Å². The minimum Gasteiger partial charge on any atom is -0.391 e. The van der Waals surface area contributed by atoms with Gasteiger partial charge in [-0.05, 0) is 43.6 Å². The summed E-state index contributed by atoms with van der Waals surface area (Å²) in [5.41, 5.74) is -1.09. The molecule has 0 radical (unpaired) electrons. The smallest absolute Gasteiger partial charge is 0.243 e. The third-order valence-corrected chi connectivity index (χ3v) is 6.43. The lowest BCUT2D eigenvalue weighted by Gasteiger charge is -2.34. The topological polar surface area (TPSA) is 198 Å². The van der Waals surface area contributed by atoms with Crippen LogP contribution in [0.5, 0.6) is 0 Å². The van der Waals surface area contributed by atoms with E-state index in [4.69, 9.17) is 18.9 Å². The van der Waals surface area contributed by atoms with Gasteiger partial charge in [0, 0.05) is 25.8 Å². The third kappa shape index (κ3) is 22.3. The van der Waals surface area contributed by atoms with E-state index in [-0.39, 0.29) is 115 Å². The summed E-state index contributed by atoms with van der Waals surface area (Å²) < 4.78 is 23.1. The number of nitrogens with one attached hydrogen (secondary N) is 1. The SMILES string of the molecule is C=CC(=O)CCC(O)COCC(COCC(O)CCC(=O)C=C)(COCC(O)CCC(=O)C=C)COCC(O)CNC(=O)C=C. The molecule has 0 rings (SSSR count). The Morgan fingerprint density at radius 2 is 0.867 bits per heavy atom. The summed E-state index contributed by atoms with van der Waals surface area (Å²) in [6.07, 6.45) is 1.35. The summed E-state index contributed by atoms with van der Waals surface area (Å²) in [5, 5.41) is 43.6.